The average Bonchev–Trinajstić information content (AvgIpc) is 2.17. The molecule has 2 unspecified atom stereocenters. The zero-order chi connectivity index (χ0) is 10.6. The van der Waals surface area contributed by atoms with E-state index in [0.717, 1.165) is 5.69 Å². The number of alkyl halides is 1. The summed E-state index contributed by atoms with van der Waals surface area (Å²) in [7, 11) is 0. The molecule has 1 aromatic rings. The summed E-state index contributed by atoms with van der Waals surface area (Å²) in [6.45, 7) is 1.85. The minimum absolute atomic E-state index is 0.511. The van der Waals surface area contributed by atoms with Crippen molar-refractivity contribution in [3.05, 3.63) is 29.6 Å². The van der Waals surface area contributed by atoms with Gasteiger partial charge in [0.25, 0.3) is 0 Å². The van der Waals surface area contributed by atoms with Crippen LogP contribution in [0.2, 0.25) is 0 Å². The van der Waals surface area contributed by atoms with Crippen LogP contribution in [0.25, 0.3) is 0 Å². The van der Waals surface area contributed by atoms with E-state index in [-0.39, 0.29) is 0 Å². The molecule has 1 aromatic heterocycles. The van der Waals surface area contributed by atoms with Gasteiger partial charge in [0, 0.05) is 11.0 Å². The third kappa shape index (κ3) is 3.04. The first-order valence-electron chi connectivity index (χ1n) is 4.51. The molecule has 3 nitrogen and oxygen atoms in total. The Kier molecular flexibility index (Phi) is 4.51. The lowest BCUT2D eigenvalue weighted by molar-refractivity contribution is 0.0147. The second-order valence-electron chi connectivity index (χ2n) is 3.19. The summed E-state index contributed by atoms with van der Waals surface area (Å²) in [6, 6.07) is 5.39. The molecule has 0 aromatic carbocycles. The van der Waals surface area contributed by atoms with E-state index < -0.39 is 12.2 Å². The SMILES string of the molecule is Cc1cccc(C(O)C(O)CCBr)n1. The van der Waals surface area contributed by atoms with Crippen LogP contribution in [0.1, 0.15) is 23.9 Å². The number of aliphatic hydroxyl groups is 2. The minimum Gasteiger partial charge on any atom is -0.390 e. The number of rotatable bonds is 4. The Balaban J connectivity index is 2.73. The third-order valence-electron chi connectivity index (χ3n) is 1.98. The van der Waals surface area contributed by atoms with Crippen molar-refractivity contribution in [2.75, 3.05) is 5.33 Å². The first kappa shape index (κ1) is 11.6. The van der Waals surface area contributed by atoms with Crippen LogP contribution in [0, 0.1) is 6.92 Å². The highest BCUT2D eigenvalue weighted by Gasteiger charge is 2.18. The molecule has 0 aliphatic carbocycles. The van der Waals surface area contributed by atoms with Gasteiger partial charge in [-0.25, -0.2) is 0 Å². The van der Waals surface area contributed by atoms with Crippen molar-refractivity contribution >= 4 is 15.9 Å². The van der Waals surface area contributed by atoms with E-state index in [1.165, 1.54) is 0 Å². The molecule has 0 fully saturated rings. The summed E-state index contributed by atoms with van der Waals surface area (Å²) in [5, 5.41) is 19.9. The molecule has 78 valence electrons. The molecule has 0 radical (unpaired) electrons. The molecule has 0 aliphatic heterocycles. The van der Waals surface area contributed by atoms with E-state index >= 15 is 0 Å². The van der Waals surface area contributed by atoms with Crippen LogP contribution >= 0.6 is 15.9 Å². The summed E-state index contributed by atoms with van der Waals surface area (Å²) < 4.78 is 0. The van der Waals surface area contributed by atoms with Gasteiger partial charge in [0.1, 0.15) is 6.10 Å². The average molecular weight is 260 g/mol. The van der Waals surface area contributed by atoms with Gasteiger partial charge in [0.15, 0.2) is 0 Å². The molecular formula is C10H14BrNO2. The molecule has 0 bridgehead atoms. The Hall–Kier alpha value is -0.450. The quantitative estimate of drug-likeness (QED) is 0.808. The van der Waals surface area contributed by atoms with Gasteiger partial charge < -0.3 is 10.2 Å². The second-order valence-corrected chi connectivity index (χ2v) is 3.99. The van der Waals surface area contributed by atoms with Gasteiger partial charge in [0.2, 0.25) is 0 Å². The van der Waals surface area contributed by atoms with E-state index in [9.17, 15) is 10.2 Å². The summed E-state index contributed by atoms with van der Waals surface area (Å²) in [5.74, 6) is 0. The minimum atomic E-state index is -0.896. The Bertz CT molecular complexity index is 293. The molecule has 1 rings (SSSR count). The zero-order valence-corrected chi connectivity index (χ0v) is 9.61. The van der Waals surface area contributed by atoms with Crippen LogP contribution in [-0.2, 0) is 0 Å². The van der Waals surface area contributed by atoms with Crippen LogP contribution in [-0.4, -0.2) is 26.6 Å². The van der Waals surface area contributed by atoms with Crippen LogP contribution in [0.4, 0.5) is 0 Å². The Morgan fingerprint density at radius 3 is 2.71 bits per heavy atom. The van der Waals surface area contributed by atoms with Crippen LogP contribution in [0.5, 0.6) is 0 Å². The summed E-state index contributed by atoms with van der Waals surface area (Å²) in [5.41, 5.74) is 1.37. The van der Waals surface area contributed by atoms with Gasteiger partial charge in [-0.15, -0.1) is 0 Å². The smallest absolute Gasteiger partial charge is 0.122 e. The highest BCUT2D eigenvalue weighted by Crippen LogP contribution is 2.17. The Labute approximate surface area is 91.9 Å². The van der Waals surface area contributed by atoms with Crippen molar-refractivity contribution in [2.24, 2.45) is 0 Å². The van der Waals surface area contributed by atoms with Gasteiger partial charge in [-0.1, -0.05) is 22.0 Å². The Morgan fingerprint density at radius 2 is 2.14 bits per heavy atom. The van der Waals surface area contributed by atoms with Crippen LogP contribution in [0.3, 0.4) is 0 Å². The molecule has 2 atom stereocenters. The number of hydrogen-bond acceptors (Lipinski definition) is 3. The number of aromatic nitrogens is 1. The highest BCUT2D eigenvalue weighted by atomic mass is 79.9. The van der Waals surface area contributed by atoms with Gasteiger partial charge in [-0.3, -0.25) is 4.98 Å². The van der Waals surface area contributed by atoms with E-state index in [2.05, 4.69) is 20.9 Å². The topological polar surface area (TPSA) is 53.4 Å². The standard InChI is InChI=1S/C10H14BrNO2/c1-7-3-2-4-8(12-7)10(14)9(13)5-6-11/h2-4,9-10,13-14H,5-6H2,1H3. The molecular weight excluding hydrogens is 246 g/mol. The van der Waals surface area contributed by atoms with E-state index in [0.29, 0.717) is 17.4 Å². The molecule has 0 saturated carbocycles. The summed E-state index contributed by atoms with van der Waals surface area (Å²) in [4.78, 5) is 4.15. The van der Waals surface area contributed by atoms with Crippen LogP contribution in [0.15, 0.2) is 18.2 Å². The normalized spacial score (nSPS) is 15.1. The third-order valence-corrected chi connectivity index (χ3v) is 2.44. The van der Waals surface area contributed by atoms with E-state index in [1.54, 1.807) is 6.07 Å². The fourth-order valence-corrected chi connectivity index (χ4v) is 1.66. The van der Waals surface area contributed by atoms with Crippen molar-refractivity contribution in [3.8, 4) is 0 Å². The number of hydrogen-bond donors (Lipinski definition) is 2. The Morgan fingerprint density at radius 1 is 1.43 bits per heavy atom. The molecule has 0 saturated heterocycles. The summed E-state index contributed by atoms with van der Waals surface area (Å²) >= 11 is 3.21. The number of pyridine rings is 1. The maximum atomic E-state index is 9.71. The molecule has 0 aliphatic rings. The van der Waals surface area contributed by atoms with E-state index in [4.69, 9.17) is 0 Å². The molecule has 2 N–H and O–H groups in total. The van der Waals surface area contributed by atoms with Gasteiger partial charge >= 0.3 is 0 Å². The maximum absolute atomic E-state index is 9.71. The lowest BCUT2D eigenvalue weighted by atomic mass is 10.1. The molecule has 4 heteroatoms. The molecule has 0 amide bonds. The fraction of sp³-hybridized carbons (Fsp3) is 0.500. The first-order chi connectivity index (χ1) is 6.65. The molecule has 1 heterocycles. The number of aliphatic hydroxyl groups excluding tert-OH is 2. The lowest BCUT2D eigenvalue weighted by Crippen LogP contribution is -2.19. The van der Waals surface area contributed by atoms with E-state index in [1.807, 2.05) is 19.1 Å². The maximum Gasteiger partial charge on any atom is 0.122 e. The van der Waals surface area contributed by atoms with Crippen molar-refractivity contribution in [3.63, 3.8) is 0 Å². The lowest BCUT2D eigenvalue weighted by Gasteiger charge is -2.16. The van der Waals surface area contributed by atoms with Crippen molar-refractivity contribution in [1.29, 1.82) is 0 Å². The van der Waals surface area contributed by atoms with Gasteiger partial charge in [0.05, 0.1) is 11.8 Å². The first-order valence-corrected chi connectivity index (χ1v) is 5.63. The van der Waals surface area contributed by atoms with Gasteiger partial charge in [-0.05, 0) is 25.5 Å². The van der Waals surface area contributed by atoms with Crippen molar-refractivity contribution < 1.29 is 10.2 Å². The van der Waals surface area contributed by atoms with Gasteiger partial charge in [-0.2, -0.15) is 0 Å². The largest absolute Gasteiger partial charge is 0.390 e. The predicted octanol–water partition coefficient (Wildman–Crippen LogP) is 1.57. The van der Waals surface area contributed by atoms with Crippen LogP contribution < -0.4 is 0 Å². The zero-order valence-electron chi connectivity index (χ0n) is 8.02. The van der Waals surface area contributed by atoms with Crippen molar-refractivity contribution in [1.82, 2.24) is 4.98 Å². The number of aryl methyl sites for hydroxylation is 1. The fourth-order valence-electron chi connectivity index (χ4n) is 1.20. The van der Waals surface area contributed by atoms with Crippen molar-refractivity contribution in [2.45, 2.75) is 25.6 Å². The second kappa shape index (κ2) is 5.44. The number of nitrogens with zero attached hydrogens (tertiary/aromatic N) is 1. The molecule has 0 spiro atoms. The number of halogens is 1. The predicted molar refractivity (Wildman–Crippen MR) is 58.4 cm³/mol. The molecule has 14 heavy (non-hydrogen) atoms. The summed E-state index contributed by atoms with van der Waals surface area (Å²) in [6.07, 6.45) is -1.15. The monoisotopic (exact) mass is 259 g/mol. The highest BCUT2D eigenvalue weighted by molar-refractivity contribution is 9.09.